The molecule has 3 aromatic heterocycles. The summed E-state index contributed by atoms with van der Waals surface area (Å²) in [6, 6.07) is 5.24. The molecule has 3 heterocycles. The monoisotopic (exact) mass is 406 g/mol. The number of hydrogen-bond acceptors (Lipinski definition) is 4. The van der Waals surface area contributed by atoms with Crippen molar-refractivity contribution >= 4 is 11.8 Å². The number of carbonyl (C=O) groups excluding carboxylic acids is 2. The van der Waals surface area contributed by atoms with E-state index in [0.717, 1.165) is 6.07 Å². The number of alkyl halides is 3. The van der Waals surface area contributed by atoms with Gasteiger partial charge in [0.1, 0.15) is 5.69 Å². The van der Waals surface area contributed by atoms with Crippen molar-refractivity contribution in [3.05, 3.63) is 65.4 Å². The third kappa shape index (κ3) is 4.28. The van der Waals surface area contributed by atoms with Gasteiger partial charge < -0.3 is 4.98 Å². The highest BCUT2D eigenvalue weighted by atomic mass is 19.4. The maximum atomic E-state index is 12.7. The minimum absolute atomic E-state index is 0.135. The summed E-state index contributed by atoms with van der Waals surface area (Å²) in [6.45, 7) is 3.60. The van der Waals surface area contributed by atoms with Crippen LogP contribution < -0.4 is 10.9 Å². The minimum atomic E-state index is -4.50. The molecule has 0 aliphatic carbocycles. The number of nitrogens with zero attached hydrogens (tertiary/aromatic N) is 3. The van der Waals surface area contributed by atoms with Crippen LogP contribution in [0.4, 0.5) is 13.2 Å². The Morgan fingerprint density at radius 2 is 1.83 bits per heavy atom. The van der Waals surface area contributed by atoms with Gasteiger partial charge in [-0.05, 0) is 30.2 Å². The molecule has 2 amide bonds. The van der Waals surface area contributed by atoms with Crippen LogP contribution in [0.5, 0.6) is 0 Å². The lowest BCUT2D eigenvalue weighted by Gasteiger charge is -2.13. The van der Waals surface area contributed by atoms with Crippen LogP contribution in [-0.4, -0.2) is 31.6 Å². The second-order valence-corrected chi connectivity index (χ2v) is 6.40. The molecule has 152 valence electrons. The van der Waals surface area contributed by atoms with Crippen LogP contribution in [0.15, 0.2) is 42.9 Å². The Hall–Kier alpha value is -3.63. The first-order chi connectivity index (χ1) is 13.7. The van der Waals surface area contributed by atoms with E-state index in [0.29, 0.717) is 11.9 Å². The largest absolute Gasteiger partial charge is 0.417 e. The van der Waals surface area contributed by atoms with Gasteiger partial charge in [0.05, 0.1) is 23.0 Å². The average Bonchev–Trinajstić information content (AvgIpc) is 3.35. The second-order valence-electron chi connectivity index (χ2n) is 6.40. The zero-order valence-electron chi connectivity index (χ0n) is 15.4. The Morgan fingerprint density at radius 3 is 2.38 bits per heavy atom. The summed E-state index contributed by atoms with van der Waals surface area (Å²) in [6.07, 6.45) is -0.962. The normalized spacial score (nSPS) is 11.5. The zero-order valence-corrected chi connectivity index (χ0v) is 15.4. The molecule has 8 nitrogen and oxygen atoms in total. The van der Waals surface area contributed by atoms with Gasteiger partial charge in [-0.1, -0.05) is 13.8 Å². The van der Waals surface area contributed by atoms with Gasteiger partial charge in [0, 0.05) is 12.4 Å². The van der Waals surface area contributed by atoms with Gasteiger partial charge >= 0.3 is 6.18 Å². The van der Waals surface area contributed by atoms with Crippen molar-refractivity contribution in [2.24, 2.45) is 0 Å². The lowest BCUT2D eigenvalue weighted by atomic mass is 10.1. The van der Waals surface area contributed by atoms with E-state index in [4.69, 9.17) is 0 Å². The Kier molecular flexibility index (Phi) is 5.39. The number of H-pyrrole nitrogens is 1. The van der Waals surface area contributed by atoms with Crippen molar-refractivity contribution in [1.29, 1.82) is 0 Å². The van der Waals surface area contributed by atoms with E-state index < -0.39 is 23.6 Å². The molecule has 3 aromatic rings. The number of rotatable bonds is 4. The van der Waals surface area contributed by atoms with E-state index in [2.05, 4.69) is 25.9 Å². The highest BCUT2D eigenvalue weighted by Crippen LogP contribution is 2.29. The molecule has 0 aliphatic rings. The fourth-order valence-electron chi connectivity index (χ4n) is 2.67. The van der Waals surface area contributed by atoms with Crippen molar-refractivity contribution in [2.45, 2.75) is 25.9 Å². The highest BCUT2D eigenvalue weighted by molar-refractivity contribution is 5.99. The van der Waals surface area contributed by atoms with Gasteiger partial charge in [-0.25, -0.2) is 9.67 Å². The molecule has 0 atom stereocenters. The number of aromatic amines is 1. The third-order valence-corrected chi connectivity index (χ3v) is 4.02. The Bertz CT molecular complexity index is 1010. The van der Waals surface area contributed by atoms with Gasteiger partial charge in [0.25, 0.3) is 11.8 Å². The van der Waals surface area contributed by atoms with Crippen LogP contribution in [-0.2, 0) is 6.18 Å². The number of amides is 2. The number of hydrazine groups is 1. The van der Waals surface area contributed by atoms with E-state index in [-0.39, 0.29) is 23.0 Å². The first-order valence-electron chi connectivity index (χ1n) is 8.54. The van der Waals surface area contributed by atoms with Crippen LogP contribution in [0.3, 0.4) is 0 Å². The van der Waals surface area contributed by atoms with Crippen LogP contribution in [0.25, 0.3) is 5.82 Å². The summed E-state index contributed by atoms with van der Waals surface area (Å²) in [5.74, 6) is -1.23. The van der Waals surface area contributed by atoms with Crippen molar-refractivity contribution in [1.82, 2.24) is 30.6 Å². The third-order valence-electron chi connectivity index (χ3n) is 4.02. The van der Waals surface area contributed by atoms with Crippen molar-refractivity contribution in [2.75, 3.05) is 0 Å². The van der Waals surface area contributed by atoms with E-state index >= 15 is 0 Å². The van der Waals surface area contributed by atoms with E-state index in [9.17, 15) is 22.8 Å². The van der Waals surface area contributed by atoms with Crippen molar-refractivity contribution in [3.8, 4) is 5.82 Å². The van der Waals surface area contributed by atoms with Crippen LogP contribution in [0.1, 0.15) is 51.9 Å². The van der Waals surface area contributed by atoms with E-state index in [1.807, 2.05) is 0 Å². The molecule has 3 rings (SSSR count). The lowest BCUT2D eigenvalue weighted by Crippen LogP contribution is -2.42. The van der Waals surface area contributed by atoms with E-state index in [1.165, 1.54) is 23.0 Å². The molecule has 0 bridgehead atoms. The van der Waals surface area contributed by atoms with Crippen molar-refractivity contribution in [3.63, 3.8) is 0 Å². The number of pyridine rings is 1. The van der Waals surface area contributed by atoms with E-state index in [1.54, 1.807) is 26.1 Å². The summed E-state index contributed by atoms with van der Waals surface area (Å²) in [5, 5.41) is 4.09. The molecule has 0 saturated carbocycles. The fourth-order valence-corrected chi connectivity index (χ4v) is 2.67. The van der Waals surface area contributed by atoms with Gasteiger partial charge in [-0.2, -0.15) is 18.3 Å². The predicted octanol–water partition coefficient (Wildman–Crippen LogP) is 2.81. The molecular weight excluding hydrogens is 389 g/mol. The number of hydrogen-bond donors (Lipinski definition) is 3. The first kappa shape index (κ1) is 20.1. The summed E-state index contributed by atoms with van der Waals surface area (Å²) in [4.78, 5) is 31.0. The highest BCUT2D eigenvalue weighted by Gasteiger charge is 2.31. The van der Waals surface area contributed by atoms with Crippen LogP contribution >= 0.6 is 0 Å². The molecule has 0 aliphatic heterocycles. The Morgan fingerprint density at radius 1 is 1.10 bits per heavy atom. The topological polar surface area (TPSA) is 105 Å². The van der Waals surface area contributed by atoms with Gasteiger partial charge in [-0.15, -0.1) is 0 Å². The number of halogens is 3. The fraction of sp³-hybridized carbons (Fsp3) is 0.222. The SMILES string of the molecule is CC(C)c1c(C(=O)NNC(=O)c2ccc[nH]2)cnn1-c1ccc(C(F)(F)F)cn1. The molecule has 0 saturated heterocycles. The van der Waals surface area contributed by atoms with Gasteiger partial charge in [0.2, 0.25) is 0 Å². The lowest BCUT2D eigenvalue weighted by molar-refractivity contribution is -0.137. The number of aromatic nitrogens is 4. The standard InChI is InChI=1S/C18H17F3N6O2/c1-10(2)15-12(16(28)25-26-17(29)13-4-3-7-22-13)9-24-27(15)14-6-5-11(8-23-14)18(19,20)21/h3-10,22H,1-2H3,(H,25,28)(H,26,29). The number of carbonyl (C=O) groups is 2. The molecule has 0 radical (unpaired) electrons. The summed E-state index contributed by atoms with van der Waals surface area (Å²) in [5.41, 5.74) is 4.54. The van der Waals surface area contributed by atoms with Gasteiger partial charge in [-0.3, -0.25) is 20.4 Å². The molecule has 0 fully saturated rings. The maximum Gasteiger partial charge on any atom is 0.417 e. The predicted molar refractivity (Wildman–Crippen MR) is 96.2 cm³/mol. The quantitative estimate of drug-likeness (QED) is 0.580. The molecule has 0 spiro atoms. The maximum absolute atomic E-state index is 12.7. The zero-order chi connectivity index (χ0) is 21.2. The number of nitrogens with one attached hydrogen (secondary N) is 3. The summed E-state index contributed by atoms with van der Waals surface area (Å²) in [7, 11) is 0. The average molecular weight is 406 g/mol. The van der Waals surface area contributed by atoms with Crippen LogP contribution in [0, 0.1) is 0 Å². The molecule has 0 aromatic carbocycles. The summed E-state index contributed by atoms with van der Waals surface area (Å²) < 4.78 is 39.5. The molecule has 11 heteroatoms. The Labute approximate surface area is 163 Å². The Balaban J connectivity index is 1.83. The smallest absolute Gasteiger partial charge is 0.357 e. The van der Waals surface area contributed by atoms with Gasteiger partial charge in [0.15, 0.2) is 5.82 Å². The first-order valence-corrected chi connectivity index (χ1v) is 8.54. The van der Waals surface area contributed by atoms with Crippen LogP contribution in [0.2, 0.25) is 0 Å². The molecule has 29 heavy (non-hydrogen) atoms. The minimum Gasteiger partial charge on any atom is -0.357 e. The molecule has 3 N–H and O–H groups in total. The summed E-state index contributed by atoms with van der Waals surface area (Å²) >= 11 is 0. The second kappa shape index (κ2) is 7.78. The van der Waals surface area contributed by atoms with Crippen molar-refractivity contribution < 1.29 is 22.8 Å². The molecular formula is C18H17F3N6O2. The molecule has 0 unspecified atom stereocenters.